The lowest BCUT2D eigenvalue weighted by molar-refractivity contribution is 0.128. The number of hydrogen-bond donors (Lipinski definition) is 1. The molecule has 0 unspecified atom stereocenters. The molecule has 0 bridgehead atoms. The summed E-state index contributed by atoms with van der Waals surface area (Å²) in [5.41, 5.74) is 0. The third-order valence-corrected chi connectivity index (χ3v) is 2.27. The summed E-state index contributed by atoms with van der Waals surface area (Å²) in [5, 5.41) is 3.40. The topological polar surface area (TPSA) is 21.3 Å². The molecule has 0 fully saturated rings. The number of hydrogen-bond acceptors (Lipinski definition) is 2. The van der Waals surface area contributed by atoms with Gasteiger partial charge in [0.25, 0.3) is 0 Å². The van der Waals surface area contributed by atoms with Crippen molar-refractivity contribution in [3.05, 3.63) is 12.7 Å². The molecule has 0 aliphatic carbocycles. The maximum absolute atomic E-state index is 5.50. The Kier molecular flexibility index (Phi) is 13.4. The Bertz CT molecular complexity index is 126. The Morgan fingerprint density at radius 2 is 1.87 bits per heavy atom. The van der Waals surface area contributed by atoms with Gasteiger partial charge in [0.15, 0.2) is 0 Å². The standard InChI is InChI=1S/C13H27NO/c1-3-5-8-12-15-13-9-6-7-11-14-10-4-2/h3,14H,1,4-13H2,2H3. The van der Waals surface area contributed by atoms with E-state index in [1.807, 2.05) is 6.08 Å². The quantitative estimate of drug-likeness (QED) is 0.397. The highest BCUT2D eigenvalue weighted by atomic mass is 16.5. The molecule has 0 atom stereocenters. The Morgan fingerprint density at radius 1 is 1.07 bits per heavy atom. The monoisotopic (exact) mass is 213 g/mol. The molecule has 0 saturated heterocycles. The van der Waals surface area contributed by atoms with Gasteiger partial charge >= 0.3 is 0 Å². The molecule has 0 aliphatic rings. The van der Waals surface area contributed by atoms with Gasteiger partial charge in [0.05, 0.1) is 0 Å². The van der Waals surface area contributed by atoms with E-state index in [4.69, 9.17) is 4.74 Å². The minimum atomic E-state index is 0.889. The second-order valence-electron chi connectivity index (χ2n) is 3.85. The lowest BCUT2D eigenvalue weighted by Crippen LogP contribution is -2.15. The zero-order chi connectivity index (χ0) is 11.2. The summed E-state index contributed by atoms with van der Waals surface area (Å²) in [5.74, 6) is 0. The number of ether oxygens (including phenoxy) is 1. The lowest BCUT2D eigenvalue weighted by Gasteiger charge is -2.04. The molecular formula is C13H27NO. The molecular weight excluding hydrogens is 186 g/mol. The van der Waals surface area contributed by atoms with E-state index in [-0.39, 0.29) is 0 Å². The van der Waals surface area contributed by atoms with E-state index >= 15 is 0 Å². The van der Waals surface area contributed by atoms with Gasteiger partial charge in [0.1, 0.15) is 0 Å². The first-order valence-corrected chi connectivity index (χ1v) is 6.31. The van der Waals surface area contributed by atoms with E-state index in [1.165, 1.54) is 25.7 Å². The number of allylic oxidation sites excluding steroid dienone is 1. The van der Waals surface area contributed by atoms with Gasteiger partial charge in [-0.15, -0.1) is 6.58 Å². The number of unbranched alkanes of at least 4 members (excludes halogenated alkanes) is 3. The van der Waals surface area contributed by atoms with Crippen LogP contribution in [0.2, 0.25) is 0 Å². The van der Waals surface area contributed by atoms with Crippen molar-refractivity contribution in [3.8, 4) is 0 Å². The van der Waals surface area contributed by atoms with Crippen molar-refractivity contribution >= 4 is 0 Å². The Labute approximate surface area is 95.1 Å². The molecule has 0 aromatic heterocycles. The Balaban J connectivity index is 2.83. The smallest absolute Gasteiger partial charge is 0.0468 e. The molecule has 15 heavy (non-hydrogen) atoms. The molecule has 0 saturated carbocycles. The first kappa shape index (κ1) is 14.7. The lowest BCUT2D eigenvalue weighted by atomic mass is 10.2. The van der Waals surface area contributed by atoms with E-state index in [2.05, 4.69) is 18.8 Å². The fourth-order valence-corrected chi connectivity index (χ4v) is 1.36. The summed E-state index contributed by atoms with van der Waals surface area (Å²) in [7, 11) is 0. The molecule has 90 valence electrons. The van der Waals surface area contributed by atoms with E-state index in [1.54, 1.807) is 0 Å². The van der Waals surface area contributed by atoms with Crippen LogP contribution in [0.15, 0.2) is 12.7 Å². The molecule has 1 N–H and O–H groups in total. The van der Waals surface area contributed by atoms with Gasteiger partial charge in [-0.1, -0.05) is 13.0 Å². The average Bonchev–Trinajstić information content (AvgIpc) is 2.26. The van der Waals surface area contributed by atoms with Crippen LogP contribution in [0, 0.1) is 0 Å². The van der Waals surface area contributed by atoms with Gasteiger partial charge in [-0.05, 0) is 51.6 Å². The van der Waals surface area contributed by atoms with Gasteiger partial charge in [0.2, 0.25) is 0 Å². The van der Waals surface area contributed by atoms with Crippen molar-refractivity contribution in [2.75, 3.05) is 26.3 Å². The van der Waals surface area contributed by atoms with E-state index in [0.29, 0.717) is 0 Å². The maximum atomic E-state index is 5.50. The molecule has 0 rings (SSSR count). The fraction of sp³-hybridized carbons (Fsp3) is 0.846. The van der Waals surface area contributed by atoms with Crippen LogP contribution in [0.5, 0.6) is 0 Å². The largest absolute Gasteiger partial charge is 0.381 e. The zero-order valence-corrected chi connectivity index (χ0v) is 10.3. The predicted octanol–water partition coefficient (Wildman–Crippen LogP) is 3.14. The van der Waals surface area contributed by atoms with Gasteiger partial charge in [-0.2, -0.15) is 0 Å². The van der Waals surface area contributed by atoms with Gasteiger partial charge in [-0.25, -0.2) is 0 Å². The summed E-state index contributed by atoms with van der Waals surface area (Å²) in [4.78, 5) is 0. The second-order valence-corrected chi connectivity index (χ2v) is 3.85. The summed E-state index contributed by atoms with van der Waals surface area (Å²) in [6, 6.07) is 0. The van der Waals surface area contributed by atoms with Crippen LogP contribution in [0.1, 0.15) is 45.4 Å². The van der Waals surface area contributed by atoms with Crippen molar-refractivity contribution < 1.29 is 4.74 Å². The van der Waals surface area contributed by atoms with Gasteiger partial charge < -0.3 is 10.1 Å². The molecule has 0 radical (unpaired) electrons. The number of nitrogens with one attached hydrogen (secondary N) is 1. The third kappa shape index (κ3) is 13.7. The molecule has 2 nitrogen and oxygen atoms in total. The highest BCUT2D eigenvalue weighted by Gasteiger charge is 1.90. The highest BCUT2D eigenvalue weighted by Crippen LogP contribution is 1.96. The van der Waals surface area contributed by atoms with Crippen LogP contribution in [0.3, 0.4) is 0 Å². The normalized spacial score (nSPS) is 10.5. The fourth-order valence-electron chi connectivity index (χ4n) is 1.36. The van der Waals surface area contributed by atoms with Crippen LogP contribution in [-0.2, 0) is 4.74 Å². The molecule has 0 amide bonds. The molecule has 0 spiro atoms. The van der Waals surface area contributed by atoms with Gasteiger partial charge in [0, 0.05) is 13.2 Å². The minimum absolute atomic E-state index is 0.889. The summed E-state index contributed by atoms with van der Waals surface area (Å²) in [6.45, 7) is 10.00. The van der Waals surface area contributed by atoms with E-state index < -0.39 is 0 Å². The van der Waals surface area contributed by atoms with Gasteiger partial charge in [-0.3, -0.25) is 0 Å². The van der Waals surface area contributed by atoms with Crippen molar-refractivity contribution in [1.29, 1.82) is 0 Å². The molecule has 0 aromatic carbocycles. The summed E-state index contributed by atoms with van der Waals surface area (Å²) >= 11 is 0. The first-order valence-electron chi connectivity index (χ1n) is 6.31. The first-order chi connectivity index (χ1) is 7.41. The van der Waals surface area contributed by atoms with Crippen molar-refractivity contribution in [1.82, 2.24) is 5.32 Å². The Hall–Kier alpha value is -0.340. The summed E-state index contributed by atoms with van der Waals surface area (Å²) in [6.07, 6.45) is 9.10. The van der Waals surface area contributed by atoms with E-state index in [9.17, 15) is 0 Å². The van der Waals surface area contributed by atoms with Crippen LogP contribution >= 0.6 is 0 Å². The van der Waals surface area contributed by atoms with Crippen LogP contribution < -0.4 is 5.32 Å². The maximum Gasteiger partial charge on any atom is 0.0468 e. The van der Waals surface area contributed by atoms with Crippen LogP contribution in [-0.4, -0.2) is 26.3 Å². The third-order valence-electron chi connectivity index (χ3n) is 2.27. The predicted molar refractivity (Wildman–Crippen MR) is 67.3 cm³/mol. The summed E-state index contributed by atoms with van der Waals surface area (Å²) < 4.78 is 5.50. The molecule has 2 heteroatoms. The number of rotatable bonds is 12. The minimum Gasteiger partial charge on any atom is -0.381 e. The van der Waals surface area contributed by atoms with Crippen molar-refractivity contribution in [3.63, 3.8) is 0 Å². The average molecular weight is 213 g/mol. The molecule has 0 aromatic rings. The molecule has 0 aliphatic heterocycles. The van der Waals surface area contributed by atoms with Crippen molar-refractivity contribution in [2.24, 2.45) is 0 Å². The van der Waals surface area contributed by atoms with Crippen LogP contribution in [0.4, 0.5) is 0 Å². The second kappa shape index (κ2) is 13.7. The molecule has 0 heterocycles. The zero-order valence-electron chi connectivity index (χ0n) is 10.3. The Morgan fingerprint density at radius 3 is 2.60 bits per heavy atom. The van der Waals surface area contributed by atoms with Crippen LogP contribution in [0.25, 0.3) is 0 Å². The SMILES string of the molecule is C=CCCCOCCCCCNCCC. The van der Waals surface area contributed by atoms with Crippen molar-refractivity contribution in [2.45, 2.75) is 45.4 Å². The highest BCUT2D eigenvalue weighted by molar-refractivity contribution is 4.64. The van der Waals surface area contributed by atoms with E-state index in [0.717, 1.165) is 39.1 Å².